The largest absolute Gasteiger partial charge is 0.395 e. The van der Waals surface area contributed by atoms with Crippen LogP contribution in [0.25, 0.3) is 0 Å². The van der Waals surface area contributed by atoms with Crippen LogP contribution in [0.4, 0.5) is 0 Å². The lowest BCUT2D eigenvalue weighted by atomic mass is 9.87. The van der Waals surface area contributed by atoms with Crippen molar-refractivity contribution < 1.29 is 9.84 Å². The molecule has 3 atom stereocenters. The SMILES string of the molecule is CCNC1=C2C(CC=C1)C(C)N(CCO)C2OC. The Labute approximate surface area is 109 Å². The second kappa shape index (κ2) is 5.87. The first-order chi connectivity index (χ1) is 8.74. The number of methoxy groups -OCH3 is 1. The lowest BCUT2D eigenvalue weighted by Crippen LogP contribution is -2.39. The van der Waals surface area contributed by atoms with Gasteiger partial charge in [0.1, 0.15) is 6.23 Å². The van der Waals surface area contributed by atoms with Crippen molar-refractivity contribution in [2.75, 3.05) is 26.8 Å². The predicted molar refractivity (Wildman–Crippen MR) is 72.0 cm³/mol. The summed E-state index contributed by atoms with van der Waals surface area (Å²) in [6, 6.07) is 0.413. The van der Waals surface area contributed by atoms with Crippen LogP contribution in [0.1, 0.15) is 20.3 Å². The first-order valence-corrected chi connectivity index (χ1v) is 6.78. The highest BCUT2D eigenvalue weighted by molar-refractivity contribution is 5.36. The zero-order valence-electron chi connectivity index (χ0n) is 11.5. The number of likely N-dealkylation sites (N-methyl/N-ethyl adjacent to an activating group) is 1. The van der Waals surface area contributed by atoms with E-state index in [1.54, 1.807) is 7.11 Å². The number of likely N-dealkylation sites (tertiary alicyclic amines) is 1. The summed E-state index contributed by atoms with van der Waals surface area (Å²) >= 11 is 0. The van der Waals surface area contributed by atoms with E-state index >= 15 is 0 Å². The number of hydrogen-bond acceptors (Lipinski definition) is 4. The van der Waals surface area contributed by atoms with E-state index in [9.17, 15) is 5.11 Å². The molecule has 0 aromatic rings. The molecule has 18 heavy (non-hydrogen) atoms. The van der Waals surface area contributed by atoms with E-state index in [4.69, 9.17) is 4.74 Å². The van der Waals surface area contributed by atoms with E-state index in [2.05, 4.69) is 36.2 Å². The lowest BCUT2D eigenvalue weighted by Gasteiger charge is -2.26. The van der Waals surface area contributed by atoms with E-state index in [0.29, 0.717) is 18.5 Å². The third-order valence-corrected chi connectivity index (χ3v) is 4.01. The van der Waals surface area contributed by atoms with Gasteiger partial charge in [-0.1, -0.05) is 6.08 Å². The highest BCUT2D eigenvalue weighted by atomic mass is 16.5. The molecule has 2 N–H and O–H groups in total. The molecule has 0 aromatic heterocycles. The van der Waals surface area contributed by atoms with Crippen LogP contribution in [0.15, 0.2) is 23.4 Å². The molecule has 4 heteroatoms. The molecule has 0 radical (unpaired) electrons. The molecule has 1 aliphatic carbocycles. The fourth-order valence-electron chi connectivity index (χ4n) is 3.20. The Morgan fingerprint density at radius 3 is 2.94 bits per heavy atom. The van der Waals surface area contributed by atoms with Crippen molar-refractivity contribution in [1.82, 2.24) is 10.2 Å². The molecule has 0 spiro atoms. The van der Waals surface area contributed by atoms with Gasteiger partial charge in [-0.15, -0.1) is 0 Å². The van der Waals surface area contributed by atoms with Crippen molar-refractivity contribution >= 4 is 0 Å². The minimum Gasteiger partial charge on any atom is -0.395 e. The zero-order chi connectivity index (χ0) is 13.1. The summed E-state index contributed by atoms with van der Waals surface area (Å²) in [5.41, 5.74) is 2.55. The molecule has 1 fully saturated rings. The van der Waals surface area contributed by atoms with Crippen LogP contribution in [0.2, 0.25) is 0 Å². The van der Waals surface area contributed by atoms with Gasteiger partial charge in [-0.05, 0) is 26.3 Å². The van der Waals surface area contributed by atoms with E-state index in [1.165, 1.54) is 11.3 Å². The summed E-state index contributed by atoms with van der Waals surface area (Å²) in [6.07, 6.45) is 5.46. The molecule has 1 saturated heterocycles. The lowest BCUT2D eigenvalue weighted by molar-refractivity contribution is -0.00799. The smallest absolute Gasteiger partial charge is 0.135 e. The minimum atomic E-state index is -0.00356. The fourth-order valence-corrected chi connectivity index (χ4v) is 3.20. The molecule has 1 aliphatic heterocycles. The number of hydrogen-bond donors (Lipinski definition) is 2. The summed E-state index contributed by atoms with van der Waals surface area (Å²) in [5.74, 6) is 0.501. The van der Waals surface area contributed by atoms with Crippen molar-refractivity contribution in [3.8, 4) is 0 Å². The average molecular weight is 252 g/mol. The van der Waals surface area contributed by atoms with Crippen LogP contribution < -0.4 is 5.32 Å². The van der Waals surface area contributed by atoms with Gasteiger partial charge in [0.2, 0.25) is 0 Å². The second-order valence-corrected chi connectivity index (χ2v) is 4.93. The predicted octanol–water partition coefficient (Wildman–Crippen LogP) is 1.09. The molecule has 0 saturated carbocycles. The molecule has 0 aromatic carbocycles. The van der Waals surface area contributed by atoms with Gasteiger partial charge < -0.3 is 15.2 Å². The van der Waals surface area contributed by atoms with Gasteiger partial charge in [0.25, 0.3) is 0 Å². The van der Waals surface area contributed by atoms with E-state index in [0.717, 1.165) is 13.0 Å². The molecule has 4 nitrogen and oxygen atoms in total. The number of allylic oxidation sites excluding steroid dienone is 2. The number of aliphatic hydroxyl groups excluding tert-OH is 1. The standard InChI is InChI=1S/C14H24N2O2/c1-4-15-12-7-5-6-11-10(2)16(8-9-17)14(18-3)13(11)12/h5,7,10-11,14-15,17H,4,6,8-9H2,1-3H3. The Morgan fingerprint density at radius 2 is 2.33 bits per heavy atom. The molecule has 1 heterocycles. The zero-order valence-corrected chi connectivity index (χ0v) is 11.5. The maximum atomic E-state index is 9.22. The number of fused-ring (bicyclic) bond motifs is 1. The monoisotopic (exact) mass is 252 g/mol. The number of aliphatic hydroxyl groups is 1. The first-order valence-electron chi connectivity index (χ1n) is 6.78. The van der Waals surface area contributed by atoms with Gasteiger partial charge in [0.15, 0.2) is 0 Å². The molecule has 3 unspecified atom stereocenters. The van der Waals surface area contributed by atoms with E-state index < -0.39 is 0 Å². The molecule has 102 valence electrons. The molecular formula is C14H24N2O2. The quantitative estimate of drug-likeness (QED) is 0.769. The maximum Gasteiger partial charge on any atom is 0.135 e. The molecule has 0 bridgehead atoms. The normalized spacial score (nSPS) is 31.9. The number of nitrogens with zero attached hydrogens (tertiary/aromatic N) is 1. The molecular weight excluding hydrogens is 228 g/mol. The Hall–Kier alpha value is -0.840. The Kier molecular flexibility index (Phi) is 4.43. The third kappa shape index (κ3) is 2.20. The highest BCUT2D eigenvalue weighted by Gasteiger charge is 2.44. The van der Waals surface area contributed by atoms with Gasteiger partial charge in [-0.25, -0.2) is 0 Å². The van der Waals surface area contributed by atoms with Crippen molar-refractivity contribution in [3.63, 3.8) is 0 Å². The summed E-state index contributed by atoms with van der Waals surface area (Å²) in [6.45, 7) is 6.09. The van der Waals surface area contributed by atoms with Gasteiger partial charge in [0.05, 0.1) is 6.61 Å². The first kappa shape index (κ1) is 13.6. The van der Waals surface area contributed by atoms with Crippen molar-refractivity contribution in [3.05, 3.63) is 23.4 Å². The van der Waals surface area contributed by atoms with E-state index in [-0.39, 0.29) is 12.8 Å². The number of nitrogens with one attached hydrogen (secondary N) is 1. The number of ether oxygens (including phenoxy) is 1. The third-order valence-electron chi connectivity index (χ3n) is 4.01. The summed E-state index contributed by atoms with van der Waals surface area (Å²) in [7, 11) is 1.75. The van der Waals surface area contributed by atoms with Crippen LogP contribution in [0, 0.1) is 5.92 Å². The Morgan fingerprint density at radius 1 is 1.56 bits per heavy atom. The molecule has 2 rings (SSSR count). The van der Waals surface area contributed by atoms with Crippen LogP contribution in [-0.2, 0) is 4.74 Å². The van der Waals surface area contributed by atoms with Gasteiger partial charge in [-0.2, -0.15) is 0 Å². The van der Waals surface area contributed by atoms with Crippen molar-refractivity contribution in [2.45, 2.75) is 32.5 Å². The van der Waals surface area contributed by atoms with Crippen LogP contribution in [0.3, 0.4) is 0 Å². The molecule has 0 amide bonds. The van der Waals surface area contributed by atoms with E-state index in [1.807, 2.05) is 0 Å². The van der Waals surface area contributed by atoms with Gasteiger partial charge >= 0.3 is 0 Å². The average Bonchev–Trinajstić information content (AvgIpc) is 2.65. The fraction of sp³-hybridized carbons (Fsp3) is 0.714. The summed E-state index contributed by atoms with van der Waals surface area (Å²) in [5, 5.41) is 12.6. The van der Waals surface area contributed by atoms with Gasteiger partial charge in [0, 0.05) is 43.4 Å². The maximum absolute atomic E-state index is 9.22. The van der Waals surface area contributed by atoms with Crippen LogP contribution >= 0.6 is 0 Å². The number of rotatable bonds is 5. The summed E-state index contributed by atoms with van der Waals surface area (Å²) < 4.78 is 5.68. The molecule has 2 aliphatic rings. The van der Waals surface area contributed by atoms with Crippen molar-refractivity contribution in [2.24, 2.45) is 5.92 Å². The number of β-amino-alcohol motifs (C(OH)–C–C–N with tert-alkyl or cyclic N) is 1. The van der Waals surface area contributed by atoms with Crippen LogP contribution in [-0.4, -0.2) is 49.1 Å². The topological polar surface area (TPSA) is 44.7 Å². The second-order valence-electron chi connectivity index (χ2n) is 4.93. The Bertz CT molecular complexity index is 352. The Balaban J connectivity index is 2.33. The minimum absolute atomic E-state index is 0.00356. The van der Waals surface area contributed by atoms with Crippen LogP contribution in [0.5, 0.6) is 0 Å². The van der Waals surface area contributed by atoms with Gasteiger partial charge in [-0.3, -0.25) is 4.90 Å². The summed E-state index contributed by atoms with van der Waals surface area (Å²) in [4.78, 5) is 2.25. The highest BCUT2D eigenvalue weighted by Crippen LogP contribution is 2.41. The van der Waals surface area contributed by atoms with Crippen molar-refractivity contribution in [1.29, 1.82) is 0 Å².